The molecule has 1 aromatic carbocycles. The van der Waals surface area contributed by atoms with Crippen molar-refractivity contribution in [3.63, 3.8) is 0 Å². The van der Waals surface area contributed by atoms with Crippen molar-refractivity contribution in [2.24, 2.45) is 0 Å². The summed E-state index contributed by atoms with van der Waals surface area (Å²) in [4.78, 5) is 0.215. The first-order chi connectivity index (χ1) is 11.0. The second kappa shape index (κ2) is 6.39. The molecule has 0 saturated carbocycles. The Morgan fingerprint density at radius 1 is 1.26 bits per heavy atom. The first-order valence-corrected chi connectivity index (χ1v) is 9.24. The predicted molar refractivity (Wildman–Crippen MR) is 85.2 cm³/mol. The average Bonchev–Trinajstić information content (AvgIpc) is 3.02. The quantitative estimate of drug-likeness (QED) is 0.832. The van der Waals surface area contributed by atoms with E-state index in [1.165, 1.54) is 7.11 Å². The Balaban J connectivity index is 1.97. The fourth-order valence-electron chi connectivity index (χ4n) is 3.51. The monoisotopic (exact) mass is 341 g/mol. The van der Waals surface area contributed by atoms with Crippen molar-refractivity contribution in [3.8, 4) is 5.75 Å². The summed E-state index contributed by atoms with van der Waals surface area (Å²) in [6.45, 7) is 2.90. The molecule has 3 rings (SSSR count). The molecule has 128 valence electrons. The van der Waals surface area contributed by atoms with Crippen molar-refractivity contribution < 1.29 is 22.6 Å². The third-order valence-electron chi connectivity index (χ3n) is 4.68. The van der Waals surface area contributed by atoms with E-state index in [0.717, 1.165) is 5.56 Å². The molecule has 2 aliphatic rings. The van der Waals surface area contributed by atoms with Gasteiger partial charge in [-0.1, -0.05) is 6.07 Å². The van der Waals surface area contributed by atoms with Gasteiger partial charge in [-0.05, 0) is 37.5 Å². The molecule has 2 heterocycles. The molecule has 3 atom stereocenters. The van der Waals surface area contributed by atoms with Crippen LogP contribution in [0.1, 0.15) is 18.4 Å². The molecule has 0 amide bonds. The van der Waals surface area contributed by atoms with Crippen LogP contribution in [-0.2, 0) is 19.5 Å². The zero-order chi connectivity index (χ0) is 16.6. The summed E-state index contributed by atoms with van der Waals surface area (Å²) in [6, 6.07) is 4.98. The Morgan fingerprint density at radius 2 is 2.04 bits per heavy atom. The highest BCUT2D eigenvalue weighted by Crippen LogP contribution is 2.36. The van der Waals surface area contributed by atoms with Gasteiger partial charge in [-0.15, -0.1) is 0 Å². The molecule has 0 spiro atoms. The van der Waals surface area contributed by atoms with Gasteiger partial charge >= 0.3 is 0 Å². The van der Waals surface area contributed by atoms with E-state index in [0.29, 0.717) is 31.7 Å². The molecule has 0 aromatic heterocycles. The van der Waals surface area contributed by atoms with Gasteiger partial charge in [0.1, 0.15) is 16.7 Å². The van der Waals surface area contributed by atoms with Crippen LogP contribution in [0.4, 0.5) is 0 Å². The number of hydrogen-bond donors (Lipinski definition) is 0. The van der Waals surface area contributed by atoms with Crippen molar-refractivity contribution in [3.05, 3.63) is 23.8 Å². The number of benzene rings is 1. The molecule has 0 bridgehead atoms. The number of sulfonamides is 1. The molecule has 2 aliphatic heterocycles. The number of hydrogen-bond acceptors (Lipinski definition) is 5. The maximum Gasteiger partial charge on any atom is 0.247 e. The van der Waals surface area contributed by atoms with Gasteiger partial charge in [0.15, 0.2) is 0 Å². The summed E-state index contributed by atoms with van der Waals surface area (Å²) in [5, 5.41) is 0. The van der Waals surface area contributed by atoms with Crippen LogP contribution >= 0.6 is 0 Å². The summed E-state index contributed by atoms with van der Waals surface area (Å²) >= 11 is 0. The minimum absolute atomic E-state index is 0.0473. The fourth-order valence-corrected chi connectivity index (χ4v) is 5.33. The van der Waals surface area contributed by atoms with Gasteiger partial charge in [0.25, 0.3) is 0 Å². The van der Waals surface area contributed by atoms with Gasteiger partial charge in [0.2, 0.25) is 10.0 Å². The molecule has 23 heavy (non-hydrogen) atoms. The van der Waals surface area contributed by atoms with E-state index in [2.05, 4.69) is 0 Å². The van der Waals surface area contributed by atoms with Crippen molar-refractivity contribution in [1.29, 1.82) is 0 Å². The first-order valence-electron chi connectivity index (χ1n) is 7.80. The molecule has 0 radical (unpaired) electrons. The Labute approximate surface area is 137 Å². The number of rotatable bonds is 4. The maximum absolute atomic E-state index is 13.2. The highest BCUT2D eigenvalue weighted by atomic mass is 32.2. The molecule has 7 heteroatoms. The number of nitrogens with zero attached hydrogens (tertiary/aromatic N) is 1. The van der Waals surface area contributed by atoms with Gasteiger partial charge in [-0.2, -0.15) is 4.31 Å². The van der Waals surface area contributed by atoms with Gasteiger partial charge in [-0.3, -0.25) is 0 Å². The third-order valence-corrected chi connectivity index (χ3v) is 6.65. The summed E-state index contributed by atoms with van der Waals surface area (Å²) in [5.74, 6) is 0.384. The van der Waals surface area contributed by atoms with Gasteiger partial charge in [0, 0.05) is 20.3 Å². The van der Waals surface area contributed by atoms with Crippen molar-refractivity contribution in [1.82, 2.24) is 4.31 Å². The minimum atomic E-state index is -3.63. The molecule has 0 aliphatic carbocycles. The molecule has 0 N–H and O–H groups in total. The Kier molecular flexibility index (Phi) is 4.64. The number of methoxy groups -OCH3 is 2. The smallest absolute Gasteiger partial charge is 0.247 e. The fraction of sp³-hybridized carbons (Fsp3) is 0.625. The SMILES string of the molecule is COc1cc(C)ccc1S(=O)(=O)N1CC[C@H](OC)[C@H]2OCC[C@@H]21. The summed E-state index contributed by atoms with van der Waals surface area (Å²) in [6.07, 6.45) is 1.08. The van der Waals surface area contributed by atoms with E-state index in [1.54, 1.807) is 29.6 Å². The molecular formula is C16H23NO5S. The van der Waals surface area contributed by atoms with Crippen LogP contribution in [0.3, 0.4) is 0 Å². The zero-order valence-corrected chi connectivity index (χ0v) is 14.5. The number of aryl methyl sites for hydroxylation is 1. The van der Waals surface area contributed by atoms with Crippen LogP contribution in [0.15, 0.2) is 23.1 Å². The third kappa shape index (κ3) is 2.87. The lowest BCUT2D eigenvalue weighted by molar-refractivity contribution is -0.0668. The lowest BCUT2D eigenvalue weighted by Gasteiger charge is -2.39. The number of ether oxygens (including phenoxy) is 3. The number of fused-ring (bicyclic) bond motifs is 1. The topological polar surface area (TPSA) is 65.1 Å². The number of piperidine rings is 1. The molecular weight excluding hydrogens is 318 g/mol. The van der Waals surface area contributed by atoms with E-state index in [4.69, 9.17) is 14.2 Å². The molecule has 1 aromatic rings. The van der Waals surface area contributed by atoms with E-state index in [9.17, 15) is 8.42 Å². The van der Waals surface area contributed by atoms with Crippen LogP contribution in [0.2, 0.25) is 0 Å². The lowest BCUT2D eigenvalue weighted by atomic mass is 9.98. The van der Waals surface area contributed by atoms with E-state index >= 15 is 0 Å². The summed E-state index contributed by atoms with van der Waals surface area (Å²) < 4.78 is 44.4. The molecule has 2 fully saturated rings. The molecule has 6 nitrogen and oxygen atoms in total. The Bertz CT molecular complexity index is 675. The first kappa shape index (κ1) is 16.7. The second-order valence-corrected chi connectivity index (χ2v) is 7.88. The van der Waals surface area contributed by atoms with E-state index in [1.807, 2.05) is 6.92 Å². The van der Waals surface area contributed by atoms with Crippen LogP contribution in [-0.4, -0.2) is 58.3 Å². The normalized spacial score (nSPS) is 28.6. The van der Waals surface area contributed by atoms with Gasteiger partial charge < -0.3 is 14.2 Å². The van der Waals surface area contributed by atoms with E-state index in [-0.39, 0.29) is 23.1 Å². The Morgan fingerprint density at radius 3 is 2.74 bits per heavy atom. The van der Waals surface area contributed by atoms with Crippen LogP contribution in [0, 0.1) is 6.92 Å². The minimum Gasteiger partial charge on any atom is -0.495 e. The van der Waals surface area contributed by atoms with Crippen LogP contribution < -0.4 is 4.74 Å². The molecule has 2 saturated heterocycles. The van der Waals surface area contributed by atoms with Crippen molar-refractivity contribution in [2.75, 3.05) is 27.4 Å². The predicted octanol–water partition coefficient (Wildman–Crippen LogP) is 1.57. The highest BCUT2D eigenvalue weighted by molar-refractivity contribution is 7.89. The van der Waals surface area contributed by atoms with E-state index < -0.39 is 10.0 Å². The second-order valence-electron chi connectivity index (χ2n) is 6.02. The van der Waals surface area contributed by atoms with Crippen LogP contribution in [0.25, 0.3) is 0 Å². The van der Waals surface area contributed by atoms with Crippen molar-refractivity contribution >= 4 is 10.0 Å². The summed E-state index contributed by atoms with van der Waals surface area (Å²) in [7, 11) is -0.493. The maximum atomic E-state index is 13.2. The van der Waals surface area contributed by atoms with Crippen molar-refractivity contribution in [2.45, 2.75) is 42.9 Å². The highest BCUT2D eigenvalue weighted by Gasteiger charge is 2.47. The Hall–Kier alpha value is -1.15. The lowest BCUT2D eigenvalue weighted by Crippen LogP contribution is -2.54. The van der Waals surface area contributed by atoms with Gasteiger partial charge in [-0.25, -0.2) is 8.42 Å². The van der Waals surface area contributed by atoms with Crippen LogP contribution in [0.5, 0.6) is 5.75 Å². The zero-order valence-electron chi connectivity index (χ0n) is 13.7. The van der Waals surface area contributed by atoms with Gasteiger partial charge in [0.05, 0.1) is 19.3 Å². The summed E-state index contributed by atoms with van der Waals surface area (Å²) in [5.41, 5.74) is 0.959. The largest absolute Gasteiger partial charge is 0.495 e. The molecule has 0 unspecified atom stereocenters. The standard InChI is InChI=1S/C16H23NO5S/c1-11-4-5-15(14(10-11)21-3)23(18,19)17-8-6-13(20-2)16-12(17)7-9-22-16/h4-5,10,12-13,16H,6-9H2,1-3H3/t12-,13-,16-/m0/s1. The average molecular weight is 341 g/mol.